The quantitative estimate of drug-likeness (QED) is 0.329. The Balaban J connectivity index is 2.26. The van der Waals surface area contributed by atoms with E-state index in [9.17, 15) is 19.7 Å². The highest BCUT2D eigenvalue weighted by molar-refractivity contribution is 5.97. The van der Waals surface area contributed by atoms with E-state index in [0.717, 1.165) is 6.08 Å². The Morgan fingerprint density at radius 2 is 1.92 bits per heavy atom. The molecule has 1 aromatic carbocycles. The van der Waals surface area contributed by atoms with E-state index < -0.39 is 16.9 Å². The molecule has 0 heterocycles. The summed E-state index contributed by atoms with van der Waals surface area (Å²) >= 11 is 0. The molecular formula is C17H19NO6. The monoisotopic (exact) mass is 333 g/mol. The molecule has 2 rings (SSSR count). The predicted molar refractivity (Wildman–Crippen MR) is 85.3 cm³/mol. The van der Waals surface area contributed by atoms with Crippen LogP contribution in [0.1, 0.15) is 31.7 Å². The van der Waals surface area contributed by atoms with Gasteiger partial charge in [0.05, 0.1) is 18.1 Å². The molecule has 7 heteroatoms. The minimum atomic E-state index is -0.617. The highest BCUT2D eigenvalue weighted by Gasteiger charge is 2.46. The Bertz CT molecular complexity index is 681. The molecule has 1 aliphatic carbocycles. The number of para-hydroxylation sites is 1. The standard InChI is InChI=1S/C17H19NO6/c1-3-23-16(19)10-14(17(20)24-4-2)13-9-12(13)11-7-5-6-8-15(11)18(21)22/h5-8,10,12-13H,3-4,9H2,1-2H3/b14-10-/t12-,13-/m1/s1. The van der Waals surface area contributed by atoms with Crippen LogP contribution in [-0.4, -0.2) is 30.1 Å². The van der Waals surface area contributed by atoms with Crippen molar-refractivity contribution in [3.05, 3.63) is 51.6 Å². The first-order valence-electron chi connectivity index (χ1n) is 7.78. The Morgan fingerprint density at radius 3 is 2.54 bits per heavy atom. The molecule has 1 saturated carbocycles. The van der Waals surface area contributed by atoms with Gasteiger partial charge in [-0.15, -0.1) is 0 Å². The largest absolute Gasteiger partial charge is 0.463 e. The fourth-order valence-corrected chi connectivity index (χ4v) is 2.69. The predicted octanol–water partition coefficient (Wildman–Crippen LogP) is 2.75. The van der Waals surface area contributed by atoms with Gasteiger partial charge in [0.2, 0.25) is 0 Å². The van der Waals surface area contributed by atoms with Crippen LogP contribution in [0.2, 0.25) is 0 Å². The van der Waals surface area contributed by atoms with E-state index in [1.54, 1.807) is 32.0 Å². The lowest BCUT2D eigenvalue weighted by molar-refractivity contribution is -0.385. The molecule has 0 radical (unpaired) electrons. The van der Waals surface area contributed by atoms with Crippen LogP contribution in [-0.2, 0) is 19.1 Å². The van der Waals surface area contributed by atoms with Gasteiger partial charge in [-0.05, 0) is 32.1 Å². The van der Waals surface area contributed by atoms with E-state index in [1.807, 2.05) is 0 Å². The van der Waals surface area contributed by atoms with Gasteiger partial charge in [0.15, 0.2) is 0 Å². The molecule has 0 N–H and O–H groups in total. The number of carbonyl (C=O) groups excluding carboxylic acids is 2. The molecule has 7 nitrogen and oxygen atoms in total. The number of nitro groups is 1. The van der Waals surface area contributed by atoms with Crippen LogP contribution in [0.4, 0.5) is 5.69 Å². The zero-order valence-electron chi connectivity index (χ0n) is 13.6. The van der Waals surface area contributed by atoms with Crippen LogP contribution < -0.4 is 0 Å². The number of esters is 2. The van der Waals surface area contributed by atoms with Crippen molar-refractivity contribution in [1.29, 1.82) is 0 Å². The topological polar surface area (TPSA) is 95.7 Å². The molecule has 0 amide bonds. The van der Waals surface area contributed by atoms with Gasteiger partial charge in [0, 0.05) is 23.3 Å². The molecule has 1 aromatic rings. The van der Waals surface area contributed by atoms with Crippen LogP contribution in [0.15, 0.2) is 35.9 Å². The normalized spacial score (nSPS) is 19.5. The van der Waals surface area contributed by atoms with E-state index in [2.05, 4.69) is 0 Å². The second-order valence-electron chi connectivity index (χ2n) is 5.34. The third kappa shape index (κ3) is 3.98. The molecular weight excluding hydrogens is 314 g/mol. The first kappa shape index (κ1) is 17.7. The molecule has 1 fully saturated rings. The van der Waals surface area contributed by atoms with E-state index in [1.165, 1.54) is 6.07 Å². The van der Waals surface area contributed by atoms with Crippen molar-refractivity contribution in [3.8, 4) is 0 Å². The Hall–Kier alpha value is -2.70. The lowest BCUT2D eigenvalue weighted by Crippen LogP contribution is -2.13. The summed E-state index contributed by atoms with van der Waals surface area (Å²) in [6.45, 7) is 3.72. The summed E-state index contributed by atoms with van der Waals surface area (Å²) in [4.78, 5) is 34.5. The van der Waals surface area contributed by atoms with E-state index in [0.29, 0.717) is 12.0 Å². The van der Waals surface area contributed by atoms with Crippen molar-refractivity contribution in [1.82, 2.24) is 0 Å². The minimum Gasteiger partial charge on any atom is -0.463 e. The van der Waals surface area contributed by atoms with Crippen molar-refractivity contribution in [2.24, 2.45) is 5.92 Å². The molecule has 0 bridgehead atoms. The molecule has 0 unspecified atom stereocenters. The smallest absolute Gasteiger partial charge is 0.334 e. The second-order valence-corrected chi connectivity index (χ2v) is 5.34. The van der Waals surface area contributed by atoms with Gasteiger partial charge in [-0.25, -0.2) is 9.59 Å². The highest BCUT2D eigenvalue weighted by atomic mass is 16.6. The zero-order chi connectivity index (χ0) is 17.7. The average Bonchev–Trinajstić information content (AvgIpc) is 3.33. The Labute approximate surface area is 139 Å². The number of ether oxygens (including phenoxy) is 2. The molecule has 0 spiro atoms. The summed E-state index contributed by atoms with van der Waals surface area (Å²) in [6, 6.07) is 6.43. The van der Waals surface area contributed by atoms with E-state index in [-0.39, 0.29) is 36.3 Å². The van der Waals surface area contributed by atoms with Gasteiger partial charge in [0.25, 0.3) is 5.69 Å². The summed E-state index contributed by atoms with van der Waals surface area (Å²) in [5.41, 5.74) is 0.786. The number of carbonyl (C=O) groups is 2. The van der Waals surface area contributed by atoms with Gasteiger partial charge >= 0.3 is 11.9 Å². The number of hydrogen-bond donors (Lipinski definition) is 0. The fraction of sp³-hybridized carbons (Fsp3) is 0.412. The Morgan fingerprint density at radius 1 is 1.25 bits per heavy atom. The third-order valence-corrected chi connectivity index (χ3v) is 3.79. The summed E-state index contributed by atoms with van der Waals surface area (Å²) in [5.74, 6) is -1.67. The first-order chi connectivity index (χ1) is 11.5. The maximum atomic E-state index is 12.1. The Kier molecular flexibility index (Phi) is 5.68. The maximum Gasteiger partial charge on any atom is 0.334 e. The van der Waals surface area contributed by atoms with E-state index in [4.69, 9.17) is 9.47 Å². The van der Waals surface area contributed by atoms with Crippen LogP contribution in [0.3, 0.4) is 0 Å². The number of nitrogens with zero attached hydrogens (tertiary/aromatic N) is 1. The highest BCUT2D eigenvalue weighted by Crippen LogP contribution is 2.54. The zero-order valence-corrected chi connectivity index (χ0v) is 13.6. The van der Waals surface area contributed by atoms with Gasteiger partial charge < -0.3 is 9.47 Å². The van der Waals surface area contributed by atoms with Crippen LogP contribution in [0.25, 0.3) is 0 Å². The van der Waals surface area contributed by atoms with Crippen molar-refractivity contribution >= 4 is 17.6 Å². The molecule has 0 aliphatic heterocycles. The third-order valence-electron chi connectivity index (χ3n) is 3.79. The molecule has 1 aliphatic rings. The van der Waals surface area contributed by atoms with Crippen molar-refractivity contribution in [3.63, 3.8) is 0 Å². The second kappa shape index (κ2) is 7.72. The molecule has 0 aromatic heterocycles. The molecule has 128 valence electrons. The number of nitro benzene ring substituents is 1. The van der Waals surface area contributed by atoms with Crippen molar-refractivity contribution < 1.29 is 24.0 Å². The van der Waals surface area contributed by atoms with Crippen LogP contribution >= 0.6 is 0 Å². The first-order valence-corrected chi connectivity index (χ1v) is 7.78. The summed E-state index contributed by atoms with van der Waals surface area (Å²) in [7, 11) is 0. The number of rotatable bonds is 7. The molecule has 24 heavy (non-hydrogen) atoms. The SMILES string of the molecule is CCOC(=O)/C=C(\C(=O)OCC)[C@@H]1C[C@@H]1c1ccccc1[N+](=O)[O-]. The van der Waals surface area contributed by atoms with Crippen molar-refractivity contribution in [2.75, 3.05) is 13.2 Å². The van der Waals surface area contributed by atoms with Crippen LogP contribution in [0, 0.1) is 16.0 Å². The minimum absolute atomic E-state index is 0.0179. The number of benzene rings is 1. The molecule has 0 saturated heterocycles. The van der Waals surface area contributed by atoms with E-state index >= 15 is 0 Å². The lowest BCUT2D eigenvalue weighted by Gasteiger charge is -2.07. The lowest BCUT2D eigenvalue weighted by atomic mass is 10.0. The van der Waals surface area contributed by atoms with Gasteiger partial charge in [-0.2, -0.15) is 0 Å². The van der Waals surface area contributed by atoms with Crippen molar-refractivity contribution in [2.45, 2.75) is 26.2 Å². The van der Waals surface area contributed by atoms with Gasteiger partial charge in [-0.3, -0.25) is 10.1 Å². The fourth-order valence-electron chi connectivity index (χ4n) is 2.69. The molecule has 2 atom stereocenters. The summed E-state index contributed by atoms with van der Waals surface area (Å²) < 4.78 is 9.85. The van der Waals surface area contributed by atoms with Gasteiger partial charge in [-0.1, -0.05) is 18.2 Å². The summed E-state index contributed by atoms with van der Waals surface area (Å²) in [5, 5.41) is 11.2. The van der Waals surface area contributed by atoms with Gasteiger partial charge in [0.1, 0.15) is 0 Å². The number of hydrogen-bond acceptors (Lipinski definition) is 6. The summed E-state index contributed by atoms with van der Waals surface area (Å²) in [6.07, 6.45) is 1.69. The maximum absolute atomic E-state index is 12.1. The average molecular weight is 333 g/mol. The van der Waals surface area contributed by atoms with Crippen LogP contribution in [0.5, 0.6) is 0 Å².